The van der Waals surface area contributed by atoms with Gasteiger partial charge in [-0.3, -0.25) is 0 Å². The Balaban J connectivity index is -0.00000000381. The van der Waals surface area contributed by atoms with Crippen LogP contribution >= 0.6 is 7.82 Å². The van der Waals surface area contributed by atoms with Gasteiger partial charge in [-0.2, -0.15) is 7.82 Å². The van der Waals surface area contributed by atoms with Crippen LogP contribution in [0.4, 0.5) is 0 Å². The summed E-state index contributed by atoms with van der Waals surface area (Å²) < 4.78 is 8.55. The average Bonchev–Trinajstić information content (AvgIpc) is 0.722. The van der Waals surface area contributed by atoms with Gasteiger partial charge in [0.25, 0.3) is 0 Å². The molecule has 0 rings (SSSR count). The van der Waals surface area contributed by atoms with Gasteiger partial charge in [-0.15, -0.1) is 0 Å². The minimum Gasteiger partial charge on any atom is -0.822 e. The minimum atomic E-state index is -5.39. The smallest absolute Gasteiger partial charge is 0.822 e. The van der Waals surface area contributed by atoms with E-state index in [4.69, 9.17) is 19.2 Å². The quantitative estimate of drug-likeness (QED) is 0.387. The molecule has 0 aromatic rings. The SMILES string of the molecule is O.O.O.O.O.O.O=P([O-])([O-])[O-].[La+3]. The third-order valence-electron chi connectivity index (χ3n) is 0. The van der Waals surface area contributed by atoms with Crippen molar-refractivity contribution < 1.29 is 87.7 Å². The van der Waals surface area contributed by atoms with Crippen LogP contribution in [0, 0.1) is 35.6 Å². The summed E-state index contributed by atoms with van der Waals surface area (Å²) in [5, 5.41) is 0. The Bertz CT molecular complexity index is 56.0. The maximum absolute atomic E-state index is 8.55. The van der Waals surface area contributed by atoms with Crippen LogP contribution < -0.4 is 14.7 Å². The number of hydrogen-bond acceptors (Lipinski definition) is 4. The van der Waals surface area contributed by atoms with Crippen LogP contribution in [-0.4, -0.2) is 32.9 Å². The summed E-state index contributed by atoms with van der Waals surface area (Å²) in [6.45, 7) is 0. The Kier molecular flexibility index (Phi) is 183. The molecule has 12 N–H and O–H groups in total. The van der Waals surface area contributed by atoms with Crippen LogP contribution in [0.2, 0.25) is 0 Å². The Hall–Kier alpha value is 1.06. The van der Waals surface area contributed by atoms with E-state index >= 15 is 0 Å². The molecule has 12 heteroatoms. The molecule has 0 fully saturated rings. The second-order valence-corrected chi connectivity index (χ2v) is 1.34. The van der Waals surface area contributed by atoms with E-state index in [-0.39, 0.29) is 68.5 Å². The molecule has 0 saturated carbocycles. The van der Waals surface area contributed by atoms with E-state index in [9.17, 15) is 0 Å². The molecule has 0 atom stereocenters. The minimum absolute atomic E-state index is 0. The Labute approximate surface area is 95.3 Å². The molecule has 10 nitrogen and oxygen atoms in total. The van der Waals surface area contributed by atoms with Crippen molar-refractivity contribution in [1.29, 1.82) is 0 Å². The Morgan fingerprint density at radius 2 is 0.667 bits per heavy atom. The first-order valence-corrected chi connectivity index (χ1v) is 2.19. The van der Waals surface area contributed by atoms with Crippen molar-refractivity contribution in [2.45, 2.75) is 0 Å². The van der Waals surface area contributed by atoms with E-state index in [1.54, 1.807) is 0 Å². The zero-order valence-corrected chi connectivity index (χ0v) is 10.2. The van der Waals surface area contributed by atoms with Gasteiger partial charge in [-0.25, -0.2) is 0 Å². The van der Waals surface area contributed by atoms with E-state index in [1.165, 1.54) is 0 Å². The summed E-state index contributed by atoms with van der Waals surface area (Å²) in [6, 6.07) is 0. The summed E-state index contributed by atoms with van der Waals surface area (Å²) in [6.07, 6.45) is 0. The first-order chi connectivity index (χ1) is 2.00. The van der Waals surface area contributed by atoms with Gasteiger partial charge in [-0.05, 0) is 0 Å². The van der Waals surface area contributed by atoms with Gasteiger partial charge < -0.3 is 52.1 Å². The van der Waals surface area contributed by atoms with Crippen LogP contribution in [0.5, 0.6) is 0 Å². The molecule has 0 unspecified atom stereocenters. The molecule has 0 heterocycles. The van der Waals surface area contributed by atoms with E-state index < -0.39 is 7.82 Å². The average molecular weight is 342 g/mol. The molecule has 0 amide bonds. The fourth-order valence-corrected chi connectivity index (χ4v) is 0. The molecular weight excluding hydrogens is 330 g/mol. The van der Waals surface area contributed by atoms with Gasteiger partial charge in [0.2, 0.25) is 0 Å². The van der Waals surface area contributed by atoms with Crippen LogP contribution in [0.1, 0.15) is 0 Å². The summed E-state index contributed by atoms with van der Waals surface area (Å²) >= 11 is 0. The predicted octanol–water partition coefficient (Wildman–Crippen LogP) is -7.77. The van der Waals surface area contributed by atoms with E-state index in [0.29, 0.717) is 0 Å². The van der Waals surface area contributed by atoms with Crippen LogP contribution in [0.3, 0.4) is 0 Å². The fraction of sp³-hybridized carbons (Fsp3) is 0. The van der Waals surface area contributed by atoms with Crippen LogP contribution in [-0.2, 0) is 4.57 Å². The van der Waals surface area contributed by atoms with Gasteiger partial charge in [0.1, 0.15) is 0 Å². The first-order valence-electron chi connectivity index (χ1n) is 0.730. The van der Waals surface area contributed by atoms with E-state index in [0.717, 1.165) is 0 Å². The Morgan fingerprint density at radius 3 is 0.667 bits per heavy atom. The van der Waals surface area contributed by atoms with Crippen molar-refractivity contribution in [3.8, 4) is 0 Å². The molecule has 0 bridgehead atoms. The van der Waals surface area contributed by atoms with Crippen molar-refractivity contribution in [3.63, 3.8) is 0 Å². The van der Waals surface area contributed by atoms with Crippen LogP contribution in [0.25, 0.3) is 0 Å². The molecule has 0 saturated heterocycles. The van der Waals surface area contributed by atoms with Gasteiger partial charge in [0.05, 0.1) is 0 Å². The van der Waals surface area contributed by atoms with Gasteiger partial charge in [0, 0.05) is 0 Å². The fourth-order valence-electron chi connectivity index (χ4n) is 0. The molecule has 0 aromatic carbocycles. The molecular formula is H12LaO10P. The molecule has 0 spiro atoms. The van der Waals surface area contributed by atoms with Gasteiger partial charge >= 0.3 is 35.6 Å². The largest absolute Gasteiger partial charge is 3.00 e. The maximum atomic E-state index is 8.55. The number of rotatable bonds is 0. The molecule has 0 aromatic heterocycles. The van der Waals surface area contributed by atoms with E-state index in [1.807, 2.05) is 0 Å². The zero-order chi connectivity index (χ0) is 4.50. The topological polar surface area (TPSA) is 275 Å². The van der Waals surface area contributed by atoms with Crippen molar-refractivity contribution in [1.82, 2.24) is 0 Å². The van der Waals surface area contributed by atoms with Gasteiger partial charge in [-0.1, -0.05) is 0 Å². The predicted molar refractivity (Wildman–Crippen MR) is 29.3 cm³/mol. The normalized spacial score (nSPS) is 4.92. The van der Waals surface area contributed by atoms with Crippen molar-refractivity contribution in [3.05, 3.63) is 0 Å². The van der Waals surface area contributed by atoms with Crippen molar-refractivity contribution >= 4 is 7.82 Å². The molecule has 12 heavy (non-hydrogen) atoms. The molecule has 0 radical (unpaired) electrons. The summed E-state index contributed by atoms with van der Waals surface area (Å²) in [7, 11) is -5.39. The summed E-state index contributed by atoms with van der Waals surface area (Å²) in [5.41, 5.74) is 0. The van der Waals surface area contributed by atoms with Crippen molar-refractivity contribution in [2.75, 3.05) is 0 Å². The number of phosphoric acid groups is 1. The van der Waals surface area contributed by atoms with Crippen LogP contribution in [0.15, 0.2) is 0 Å². The second-order valence-electron chi connectivity index (χ2n) is 0.447. The number of hydrogen-bond donors (Lipinski definition) is 0. The third-order valence-corrected chi connectivity index (χ3v) is 0. The first kappa shape index (κ1) is 74.1. The second kappa shape index (κ2) is 29.6. The summed E-state index contributed by atoms with van der Waals surface area (Å²) in [5.74, 6) is 0. The molecule has 80 valence electrons. The third kappa shape index (κ3) is 989. The van der Waals surface area contributed by atoms with Gasteiger partial charge in [0.15, 0.2) is 0 Å². The molecule has 0 aliphatic rings. The zero-order valence-electron chi connectivity index (χ0n) is 5.66. The molecule has 0 aliphatic heterocycles. The summed E-state index contributed by atoms with van der Waals surface area (Å²) in [4.78, 5) is 25.6. The Morgan fingerprint density at radius 1 is 0.667 bits per heavy atom. The maximum Gasteiger partial charge on any atom is 3.00 e. The standard InChI is InChI=1S/La.H3O4P.6H2O/c;1-5(2,3)4;;;;;;/h;(H3,1,2,3,4);6*1H2/q+3;;;;;;;/p-3. The molecule has 0 aliphatic carbocycles. The van der Waals surface area contributed by atoms with E-state index in [2.05, 4.69) is 0 Å². The monoisotopic (exact) mass is 342 g/mol. The van der Waals surface area contributed by atoms with Crippen molar-refractivity contribution in [2.24, 2.45) is 0 Å².